The predicted molar refractivity (Wildman–Crippen MR) is 60.2 cm³/mol. The number of aryl methyl sites for hydroxylation is 1. The van der Waals surface area contributed by atoms with Crippen LogP contribution in [0.4, 0.5) is 5.69 Å². The van der Waals surface area contributed by atoms with Gasteiger partial charge in [-0.2, -0.15) is 0 Å². The summed E-state index contributed by atoms with van der Waals surface area (Å²) in [5.74, 6) is -0.394. The normalized spacial score (nSPS) is 11.2. The number of anilines is 1. The number of rotatable bonds is 3. The van der Waals surface area contributed by atoms with Gasteiger partial charge in [0.15, 0.2) is 0 Å². The maximum absolute atomic E-state index is 11.1. The molecule has 0 heterocycles. The summed E-state index contributed by atoms with van der Waals surface area (Å²) in [6, 6.07) is 4.24. The van der Waals surface area contributed by atoms with Gasteiger partial charge >= 0.3 is 0 Å². The van der Waals surface area contributed by atoms with Crippen LogP contribution in [-0.2, 0) is 14.8 Å². The lowest BCUT2D eigenvalue weighted by Gasteiger charge is -2.08. The van der Waals surface area contributed by atoms with Crippen LogP contribution in [0.15, 0.2) is 23.1 Å². The van der Waals surface area contributed by atoms with E-state index in [1.54, 1.807) is 13.0 Å². The molecule has 0 unspecified atom stereocenters. The van der Waals surface area contributed by atoms with Crippen molar-refractivity contribution >= 4 is 21.6 Å². The summed E-state index contributed by atoms with van der Waals surface area (Å²) in [6.07, 6.45) is 0. The molecule has 0 aromatic heterocycles. The summed E-state index contributed by atoms with van der Waals surface area (Å²) < 4.78 is 22.2. The lowest BCUT2D eigenvalue weighted by atomic mass is 10.2. The molecule has 88 valence electrons. The summed E-state index contributed by atoms with van der Waals surface area (Å²) in [6.45, 7) is 1.57. The molecule has 0 saturated carbocycles. The van der Waals surface area contributed by atoms with Crippen molar-refractivity contribution in [3.63, 3.8) is 0 Å². The van der Waals surface area contributed by atoms with Gasteiger partial charge in [-0.05, 0) is 24.6 Å². The van der Waals surface area contributed by atoms with Crippen molar-refractivity contribution in [3.8, 4) is 0 Å². The predicted octanol–water partition coefficient (Wildman–Crippen LogP) is -0.460. The highest BCUT2D eigenvalue weighted by atomic mass is 32.2. The van der Waals surface area contributed by atoms with Crippen LogP contribution in [0, 0.1) is 6.92 Å². The number of carbonyl (C=O) groups is 1. The number of hydrogen-bond acceptors (Lipinski definition) is 4. The summed E-state index contributed by atoms with van der Waals surface area (Å²) in [4.78, 5) is 11.0. The second-order valence-corrected chi connectivity index (χ2v) is 4.84. The fourth-order valence-electron chi connectivity index (χ4n) is 1.11. The van der Waals surface area contributed by atoms with E-state index in [4.69, 9.17) is 10.9 Å². The largest absolute Gasteiger partial charge is 0.325 e. The van der Waals surface area contributed by atoms with Crippen LogP contribution in [0.25, 0.3) is 0 Å². The Labute approximate surface area is 93.7 Å². The molecule has 0 saturated heterocycles. The Bertz CT molecular complexity index is 511. The molecular formula is C9H13N3O3S. The third-order valence-corrected chi connectivity index (χ3v) is 2.91. The van der Waals surface area contributed by atoms with Gasteiger partial charge in [0.25, 0.3) is 0 Å². The summed E-state index contributed by atoms with van der Waals surface area (Å²) in [5.41, 5.74) is 6.26. The van der Waals surface area contributed by atoms with Crippen molar-refractivity contribution in [2.24, 2.45) is 10.9 Å². The minimum atomic E-state index is -3.77. The fraction of sp³-hybridized carbons (Fsp3) is 0.222. The molecule has 0 atom stereocenters. The van der Waals surface area contributed by atoms with Crippen LogP contribution in [0.2, 0.25) is 0 Å². The van der Waals surface area contributed by atoms with Crippen molar-refractivity contribution in [1.29, 1.82) is 0 Å². The van der Waals surface area contributed by atoms with Crippen molar-refractivity contribution in [2.45, 2.75) is 11.8 Å². The molecule has 16 heavy (non-hydrogen) atoms. The van der Waals surface area contributed by atoms with Crippen LogP contribution in [0.3, 0.4) is 0 Å². The summed E-state index contributed by atoms with van der Waals surface area (Å²) in [5, 5.41) is 7.46. The maximum Gasteiger partial charge on any atom is 0.238 e. The highest BCUT2D eigenvalue weighted by Gasteiger charge is 2.10. The van der Waals surface area contributed by atoms with Gasteiger partial charge in [-0.15, -0.1) is 0 Å². The summed E-state index contributed by atoms with van der Waals surface area (Å²) >= 11 is 0. The molecule has 0 aliphatic heterocycles. The topological polar surface area (TPSA) is 115 Å². The van der Waals surface area contributed by atoms with E-state index in [0.717, 1.165) is 5.56 Å². The number of primary sulfonamides is 1. The number of nitrogens with one attached hydrogen (secondary N) is 1. The van der Waals surface area contributed by atoms with Gasteiger partial charge in [-0.1, -0.05) is 6.07 Å². The second kappa shape index (κ2) is 4.60. The second-order valence-electron chi connectivity index (χ2n) is 3.27. The third-order valence-electron chi connectivity index (χ3n) is 2.00. The van der Waals surface area contributed by atoms with E-state index >= 15 is 0 Å². The van der Waals surface area contributed by atoms with Crippen molar-refractivity contribution < 1.29 is 13.2 Å². The van der Waals surface area contributed by atoms with Crippen molar-refractivity contribution in [2.75, 3.05) is 11.9 Å². The monoisotopic (exact) mass is 243 g/mol. The highest BCUT2D eigenvalue weighted by molar-refractivity contribution is 7.89. The minimum absolute atomic E-state index is 0.0505. The Morgan fingerprint density at radius 3 is 2.56 bits per heavy atom. The molecule has 1 amide bonds. The van der Waals surface area contributed by atoms with Crippen molar-refractivity contribution in [3.05, 3.63) is 23.8 Å². The van der Waals surface area contributed by atoms with Gasteiger partial charge in [0, 0.05) is 5.69 Å². The van der Waals surface area contributed by atoms with E-state index in [1.807, 2.05) is 0 Å². The molecule has 0 aliphatic carbocycles. The SMILES string of the molecule is Cc1ccc(S(N)(=O)=O)cc1NC(=O)CN. The van der Waals surface area contributed by atoms with E-state index in [1.165, 1.54) is 12.1 Å². The average Bonchev–Trinajstić information content (AvgIpc) is 2.19. The Hall–Kier alpha value is -1.44. The van der Waals surface area contributed by atoms with Gasteiger partial charge in [-0.3, -0.25) is 4.79 Å². The first kappa shape index (κ1) is 12.6. The molecule has 0 radical (unpaired) electrons. The molecule has 0 fully saturated rings. The lowest BCUT2D eigenvalue weighted by molar-refractivity contribution is -0.114. The Kier molecular flexibility index (Phi) is 3.63. The van der Waals surface area contributed by atoms with E-state index in [2.05, 4.69) is 5.32 Å². The Balaban J connectivity index is 3.14. The number of nitrogens with two attached hydrogens (primary N) is 2. The van der Waals surface area contributed by atoms with Gasteiger partial charge < -0.3 is 11.1 Å². The minimum Gasteiger partial charge on any atom is -0.325 e. The smallest absolute Gasteiger partial charge is 0.238 e. The first-order valence-electron chi connectivity index (χ1n) is 4.48. The van der Waals surface area contributed by atoms with E-state index in [-0.39, 0.29) is 11.4 Å². The molecule has 1 aromatic rings. The van der Waals surface area contributed by atoms with Gasteiger partial charge in [0.1, 0.15) is 0 Å². The number of amides is 1. The molecule has 1 aromatic carbocycles. The van der Waals surface area contributed by atoms with Crippen LogP contribution in [0.5, 0.6) is 0 Å². The number of hydrogen-bond donors (Lipinski definition) is 3. The molecule has 0 spiro atoms. The van der Waals surface area contributed by atoms with E-state index < -0.39 is 15.9 Å². The zero-order valence-corrected chi connectivity index (χ0v) is 9.54. The zero-order valence-electron chi connectivity index (χ0n) is 8.73. The Morgan fingerprint density at radius 1 is 1.44 bits per heavy atom. The zero-order chi connectivity index (χ0) is 12.3. The first-order valence-corrected chi connectivity index (χ1v) is 6.02. The van der Waals surface area contributed by atoms with E-state index in [0.29, 0.717) is 5.69 Å². The maximum atomic E-state index is 11.1. The quantitative estimate of drug-likeness (QED) is 0.666. The van der Waals surface area contributed by atoms with Gasteiger partial charge in [0.2, 0.25) is 15.9 Å². The molecule has 5 N–H and O–H groups in total. The average molecular weight is 243 g/mol. The van der Waals surface area contributed by atoms with Crippen LogP contribution in [0.1, 0.15) is 5.56 Å². The third kappa shape index (κ3) is 3.02. The lowest BCUT2D eigenvalue weighted by Crippen LogP contribution is -2.22. The first-order chi connectivity index (χ1) is 7.34. The van der Waals surface area contributed by atoms with Gasteiger partial charge in [-0.25, -0.2) is 13.6 Å². The number of sulfonamides is 1. The standard InChI is InChI=1S/C9H13N3O3S/c1-6-2-3-7(16(11,14)15)4-8(6)12-9(13)5-10/h2-4H,5,10H2,1H3,(H,12,13)(H2,11,14,15). The molecule has 1 rings (SSSR count). The van der Waals surface area contributed by atoms with Crippen molar-refractivity contribution in [1.82, 2.24) is 0 Å². The highest BCUT2D eigenvalue weighted by Crippen LogP contribution is 2.19. The molecule has 6 nitrogen and oxygen atoms in total. The van der Waals surface area contributed by atoms with Gasteiger partial charge in [0.05, 0.1) is 11.4 Å². The van der Waals surface area contributed by atoms with E-state index in [9.17, 15) is 13.2 Å². The molecule has 7 heteroatoms. The molecule has 0 bridgehead atoms. The number of carbonyl (C=O) groups excluding carboxylic acids is 1. The fourth-order valence-corrected chi connectivity index (χ4v) is 1.65. The molecular weight excluding hydrogens is 230 g/mol. The Morgan fingerprint density at radius 2 is 2.06 bits per heavy atom. The summed E-state index contributed by atoms with van der Waals surface area (Å²) in [7, 11) is -3.77. The number of benzene rings is 1. The van der Waals surface area contributed by atoms with Crippen LogP contribution >= 0.6 is 0 Å². The van der Waals surface area contributed by atoms with Crippen LogP contribution < -0.4 is 16.2 Å². The molecule has 0 aliphatic rings. The van der Waals surface area contributed by atoms with Crippen LogP contribution in [-0.4, -0.2) is 20.9 Å².